The summed E-state index contributed by atoms with van der Waals surface area (Å²) in [6, 6.07) is 34.4. The number of pyridine rings is 2. The van der Waals surface area contributed by atoms with Crippen molar-refractivity contribution in [3.8, 4) is 34.1 Å². The van der Waals surface area contributed by atoms with Crippen LogP contribution in [0, 0.1) is 18.3 Å². The van der Waals surface area contributed by atoms with Gasteiger partial charge in [-0.2, -0.15) is 10.4 Å². The molecular formula is C35H21ClN6S. The molecule has 0 radical (unpaired) electrons. The van der Waals surface area contributed by atoms with E-state index in [1.165, 1.54) is 14.8 Å². The molecule has 0 saturated carbocycles. The van der Waals surface area contributed by atoms with Crippen LogP contribution in [0.5, 0.6) is 0 Å². The van der Waals surface area contributed by atoms with Crippen molar-refractivity contribution in [2.45, 2.75) is 6.92 Å². The number of thiophene rings is 1. The minimum Gasteiger partial charge on any atom is -0.397 e. The lowest BCUT2D eigenvalue weighted by atomic mass is 9.93. The van der Waals surface area contributed by atoms with Gasteiger partial charge in [0.1, 0.15) is 11.6 Å². The number of anilines is 1. The summed E-state index contributed by atoms with van der Waals surface area (Å²) in [5.74, 6) is 0. The van der Waals surface area contributed by atoms with Crippen LogP contribution in [0.2, 0.25) is 5.02 Å². The maximum Gasteiger partial charge on any atom is 0.166 e. The monoisotopic (exact) mass is 592 g/mol. The van der Waals surface area contributed by atoms with Crippen LogP contribution in [0.25, 0.3) is 70.3 Å². The SMILES string of the molecule is Cc1nn(-c2ccccc2)c2nc3nc(-c4ccc(Cl)cc4)c(C#N)c(N)c3c(-c3ccc4sc5ccccc5c4c3)c12. The minimum absolute atomic E-state index is 0.299. The summed E-state index contributed by atoms with van der Waals surface area (Å²) in [5.41, 5.74) is 13.4. The number of fused-ring (bicyclic) bond motifs is 5. The first-order valence-corrected chi connectivity index (χ1v) is 14.9. The standard InChI is InChI=1S/C35H21ClN6S/c1-19-29-30(21-13-16-28-25(17-21)24-9-5-6-10-27(24)43-28)31-32(38)26(18-37)33(20-11-14-22(36)15-12-20)39-34(31)40-35(29)42(41-19)23-7-3-2-4-8-23/h2-17H,1H3,(H2,38,39,40). The molecule has 43 heavy (non-hydrogen) atoms. The zero-order valence-electron chi connectivity index (χ0n) is 22.8. The molecule has 2 N–H and O–H groups in total. The Morgan fingerprint density at radius 1 is 0.814 bits per heavy atom. The predicted molar refractivity (Wildman–Crippen MR) is 177 cm³/mol. The van der Waals surface area contributed by atoms with E-state index in [1.54, 1.807) is 23.5 Å². The van der Waals surface area contributed by atoms with E-state index in [-0.39, 0.29) is 0 Å². The fraction of sp³-hybridized carbons (Fsp3) is 0.0286. The van der Waals surface area contributed by atoms with Gasteiger partial charge in [0.2, 0.25) is 0 Å². The van der Waals surface area contributed by atoms with Crippen LogP contribution < -0.4 is 5.73 Å². The molecule has 0 aliphatic carbocycles. The van der Waals surface area contributed by atoms with E-state index in [0.717, 1.165) is 38.8 Å². The zero-order valence-corrected chi connectivity index (χ0v) is 24.4. The van der Waals surface area contributed by atoms with Gasteiger partial charge in [-0.15, -0.1) is 11.3 Å². The minimum atomic E-state index is 0.299. The van der Waals surface area contributed by atoms with Gasteiger partial charge in [-0.3, -0.25) is 0 Å². The van der Waals surface area contributed by atoms with E-state index in [0.29, 0.717) is 38.6 Å². The van der Waals surface area contributed by atoms with Crippen LogP contribution in [-0.2, 0) is 0 Å². The molecule has 0 spiro atoms. The average Bonchev–Trinajstić information content (AvgIpc) is 3.57. The fourth-order valence-electron chi connectivity index (χ4n) is 5.90. The number of rotatable bonds is 3. The number of benzene rings is 4. The normalized spacial score (nSPS) is 11.6. The summed E-state index contributed by atoms with van der Waals surface area (Å²) >= 11 is 7.94. The number of hydrogen-bond acceptors (Lipinski definition) is 6. The first-order chi connectivity index (χ1) is 21.0. The van der Waals surface area contributed by atoms with Gasteiger partial charge in [0.15, 0.2) is 11.3 Å². The molecule has 0 amide bonds. The quantitative estimate of drug-likeness (QED) is 0.221. The Bertz CT molecular complexity index is 2440. The lowest BCUT2D eigenvalue weighted by Gasteiger charge is -2.15. The summed E-state index contributed by atoms with van der Waals surface area (Å²) < 4.78 is 4.28. The van der Waals surface area contributed by atoms with Gasteiger partial charge in [0, 0.05) is 36.3 Å². The Morgan fingerprint density at radius 2 is 1.53 bits per heavy atom. The lowest BCUT2D eigenvalue weighted by Crippen LogP contribution is -2.04. The Kier molecular flexibility index (Phi) is 5.70. The molecule has 4 aromatic heterocycles. The number of aryl methyl sites for hydroxylation is 1. The molecule has 8 aromatic rings. The van der Waals surface area contributed by atoms with Gasteiger partial charge >= 0.3 is 0 Å². The van der Waals surface area contributed by atoms with Gasteiger partial charge < -0.3 is 5.73 Å². The number of halogens is 1. The van der Waals surface area contributed by atoms with E-state index in [9.17, 15) is 5.26 Å². The van der Waals surface area contributed by atoms with Crippen molar-refractivity contribution in [1.29, 1.82) is 5.26 Å². The van der Waals surface area contributed by atoms with E-state index in [2.05, 4.69) is 48.5 Å². The van der Waals surface area contributed by atoms with Crippen LogP contribution in [0.1, 0.15) is 11.3 Å². The molecule has 6 nitrogen and oxygen atoms in total. The molecule has 0 unspecified atom stereocenters. The molecule has 8 rings (SSSR count). The summed E-state index contributed by atoms with van der Waals surface area (Å²) in [6.45, 7) is 1.98. The molecule has 0 aliphatic heterocycles. The topological polar surface area (TPSA) is 93.4 Å². The van der Waals surface area contributed by atoms with Crippen LogP contribution in [0.4, 0.5) is 5.69 Å². The molecule has 0 saturated heterocycles. The van der Waals surface area contributed by atoms with E-state index in [4.69, 9.17) is 32.4 Å². The highest BCUT2D eigenvalue weighted by Gasteiger charge is 2.25. The van der Waals surface area contributed by atoms with Crippen molar-refractivity contribution in [3.05, 3.63) is 113 Å². The van der Waals surface area contributed by atoms with Gasteiger partial charge in [0.25, 0.3) is 0 Å². The Balaban J connectivity index is 1.53. The smallest absolute Gasteiger partial charge is 0.166 e. The van der Waals surface area contributed by atoms with Crippen molar-refractivity contribution in [1.82, 2.24) is 19.7 Å². The Morgan fingerprint density at radius 3 is 2.33 bits per heavy atom. The van der Waals surface area contributed by atoms with Gasteiger partial charge in [-0.25, -0.2) is 14.6 Å². The molecule has 204 valence electrons. The summed E-state index contributed by atoms with van der Waals surface area (Å²) in [6.07, 6.45) is 0. The van der Waals surface area contributed by atoms with Crippen LogP contribution in [0.15, 0.2) is 97.1 Å². The highest BCUT2D eigenvalue weighted by molar-refractivity contribution is 7.25. The number of aromatic nitrogens is 4. The van der Waals surface area contributed by atoms with Crippen molar-refractivity contribution in [2.75, 3.05) is 5.73 Å². The second-order valence-electron chi connectivity index (χ2n) is 10.4. The highest BCUT2D eigenvalue weighted by atomic mass is 35.5. The maximum atomic E-state index is 10.4. The molecule has 8 heteroatoms. The molecule has 0 atom stereocenters. The lowest BCUT2D eigenvalue weighted by molar-refractivity contribution is 0.879. The zero-order chi connectivity index (χ0) is 29.2. The molecule has 0 aliphatic rings. The summed E-state index contributed by atoms with van der Waals surface area (Å²) in [5, 5.41) is 19.8. The second kappa shape index (κ2) is 9.63. The van der Waals surface area contributed by atoms with Crippen LogP contribution >= 0.6 is 22.9 Å². The van der Waals surface area contributed by atoms with Crippen molar-refractivity contribution >= 4 is 70.9 Å². The predicted octanol–water partition coefficient (Wildman–Crippen LogP) is 9.09. The van der Waals surface area contributed by atoms with Gasteiger partial charge in [0.05, 0.1) is 33.5 Å². The maximum absolute atomic E-state index is 10.4. The van der Waals surface area contributed by atoms with Crippen molar-refractivity contribution in [3.63, 3.8) is 0 Å². The number of nitriles is 1. The fourth-order valence-corrected chi connectivity index (χ4v) is 7.12. The van der Waals surface area contributed by atoms with E-state index in [1.807, 2.05) is 54.1 Å². The Hall–Kier alpha value is -5.29. The molecule has 4 aromatic carbocycles. The molecule has 0 fully saturated rings. The summed E-state index contributed by atoms with van der Waals surface area (Å²) in [4.78, 5) is 10.1. The third-order valence-electron chi connectivity index (χ3n) is 7.86. The van der Waals surface area contributed by atoms with Gasteiger partial charge in [-0.1, -0.05) is 66.2 Å². The first kappa shape index (κ1) is 25.4. The second-order valence-corrected chi connectivity index (χ2v) is 11.9. The van der Waals surface area contributed by atoms with Crippen LogP contribution in [-0.4, -0.2) is 19.7 Å². The van der Waals surface area contributed by atoms with E-state index >= 15 is 0 Å². The van der Waals surface area contributed by atoms with Crippen LogP contribution in [0.3, 0.4) is 0 Å². The first-order valence-electron chi connectivity index (χ1n) is 13.7. The largest absolute Gasteiger partial charge is 0.397 e. The molecule has 4 heterocycles. The summed E-state index contributed by atoms with van der Waals surface area (Å²) in [7, 11) is 0. The number of hydrogen-bond donors (Lipinski definition) is 1. The molecular weight excluding hydrogens is 572 g/mol. The number of nitrogens with zero attached hydrogens (tertiary/aromatic N) is 5. The molecule has 0 bridgehead atoms. The number of nitrogen functional groups attached to an aromatic ring is 1. The number of nitrogens with two attached hydrogens (primary N) is 1. The average molecular weight is 593 g/mol. The number of para-hydroxylation sites is 1. The van der Waals surface area contributed by atoms with Crippen molar-refractivity contribution in [2.24, 2.45) is 0 Å². The third kappa shape index (κ3) is 3.88. The Labute approximate surface area is 255 Å². The van der Waals surface area contributed by atoms with Crippen molar-refractivity contribution < 1.29 is 0 Å². The van der Waals surface area contributed by atoms with E-state index < -0.39 is 0 Å². The van der Waals surface area contributed by atoms with Gasteiger partial charge in [-0.05, 0) is 55.0 Å². The highest BCUT2D eigenvalue weighted by Crippen LogP contribution is 2.44. The third-order valence-corrected chi connectivity index (χ3v) is 9.26.